The molecule has 2 aromatic carbocycles. The van der Waals surface area contributed by atoms with Gasteiger partial charge >= 0.3 is 0 Å². The first kappa shape index (κ1) is 17.8. The molecule has 29 heavy (non-hydrogen) atoms. The number of imidazole rings is 1. The molecule has 0 saturated carbocycles. The van der Waals surface area contributed by atoms with Crippen molar-refractivity contribution in [2.45, 2.75) is 12.5 Å². The predicted molar refractivity (Wildman–Crippen MR) is 112 cm³/mol. The molecule has 0 saturated heterocycles. The molecule has 2 aromatic heterocycles. The van der Waals surface area contributed by atoms with E-state index in [-0.39, 0.29) is 18.4 Å². The van der Waals surface area contributed by atoms with Gasteiger partial charge in [0.15, 0.2) is 16.5 Å². The van der Waals surface area contributed by atoms with Crippen molar-refractivity contribution in [1.82, 2.24) is 14.7 Å². The Balaban J connectivity index is 1.22. The number of benzene rings is 2. The summed E-state index contributed by atoms with van der Waals surface area (Å²) in [5.41, 5.74) is 2.89. The van der Waals surface area contributed by atoms with Crippen LogP contribution in [0.3, 0.4) is 0 Å². The summed E-state index contributed by atoms with van der Waals surface area (Å²) in [6, 6.07) is 17.6. The predicted octanol–water partition coefficient (Wildman–Crippen LogP) is 3.56. The van der Waals surface area contributed by atoms with Gasteiger partial charge in [-0.3, -0.25) is 9.20 Å². The topological polar surface area (TPSA) is 64.9 Å². The van der Waals surface area contributed by atoms with Crippen LogP contribution in [0.15, 0.2) is 66.2 Å². The molecule has 0 bridgehead atoms. The first-order valence-electron chi connectivity index (χ1n) is 9.42. The fourth-order valence-electron chi connectivity index (χ4n) is 3.32. The maximum atomic E-state index is 12.5. The zero-order valence-corrected chi connectivity index (χ0v) is 16.4. The lowest BCUT2D eigenvalue weighted by atomic mass is 10.2. The zero-order chi connectivity index (χ0) is 19.6. The number of rotatable bonds is 5. The minimum Gasteiger partial charge on any atom is -0.486 e. The number of thiazole rings is 1. The number of ether oxygens (including phenoxy) is 2. The summed E-state index contributed by atoms with van der Waals surface area (Å²) in [4.78, 5) is 18.0. The van der Waals surface area contributed by atoms with Gasteiger partial charge in [-0.1, -0.05) is 42.5 Å². The molecule has 1 aliphatic heterocycles. The third kappa shape index (κ3) is 3.69. The number of hydrogen-bond acceptors (Lipinski definition) is 5. The van der Waals surface area contributed by atoms with Crippen molar-refractivity contribution in [3.05, 3.63) is 71.9 Å². The van der Waals surface area contributed by atoms with Crippen LogP contribution in [-0.4, -0.2) is 34.5 Å². The highest BCUT2D eigenvalue weighted by atomic mass is 32.1. The van der Waals surface area contributed by atoms with E-state index in [4.69, 9.17) is 9.47 Å². The van der Waals surface area contributed by atoms with Crippen LogP contribution in [-0.2, 0) is 11.2 Å². The Morgan fingerprint density at radius 1 is 1.14 bits per heavy atom. The number of amides is 1. The van der Waals surface area contributed by atoms with Crippen molar-refractivity contribution in [2.75, 3.05) is 13.2 Å². The lowest BCUT2D eigenvalue weighted by Gasteiger charge is -2.26. The van der Waals surface area contributed by atoms with E-state index in [1.54, 1.807) is 0 Å². The summed E-state index contributed by atoms with van der Waals surface area (Å²) in [5, 5.41) is 4.93. The highest BCUT2D eigenvalue weighted by Gasteiger charge is 2.21. The third-order valence-corrected chi connectivity index (χ3v) is 5.68. The van der Waals surface area contributed by atoms with Crippen molar-refractivity contribution in [2.24, 2.45) is 0 Å². The van der Waals surface area contributed by atoms with Crippen LogP contribution in [0.4, 0.5) is 0 Å². The number of hydrogen-bond donors (Lipinski definition) is 1. The molecule has 4 aromatic rings. The van der Waals surface area contributed by atoms with Crippen LogP contribution in [0.5, 0.6) is 11.5 Å². The van der Waals surface area contributed by atoms with E-state index in [1.807, 2.05) is 70.6 Å². The van der Waals surface area contributed by atoms with Gasteiger partial charge in [0.1, 0.15) is 12.7 Å². The molecular weight excluding hydrogens is 386 g/mol. The molecular formula is C22H19N3O3S. The molecule has 146 valence electrons. The largest absolute Gasteiger partial charge is 0.486 e. The van der Waals surface area contributed by atoms with Gasteiger partial charge in [0, 0.05) is 22.8 Å². The van der Waals surface area contributed by atoms with Crippen LogP contribution in [0.1, 0.15) is 5.69 Å². The molecule has 0 aliphatic carbocycles. The minimum atomic E-state index is -0.200. The van der Waals surface area contributed by atoms with E-state index >= 15 is 0 Å². The van der Waals surface area contributed by atoms with E-state index in [1.165, 1.54) is 11.3 Å². The Labute approximate surface area is 171 Å². The molecule has 3 heterocycles. The SMILES string of the molecule is O=C(Cc1csc2nc(-c3ccccc3)cn12)NC[C@@H]1COc2ccccc2O1. The number of carbonyl (C=O) groups is 1. The van der Waals surface area contributed by atoms with E-state index in [0.717, 1.165) is 27.7 Å². The van der Waals surface area contributed by atoms with Crippen LogP contribution < -0.4 is 14.8 Å². The van der Waals surface area contributed by atoms with Crippen molar-refractivity contribution in [3.8, 4) is 22.8 Å². The molecule has 5 rings (SSSR count). The number of carbonyl (C=O) groups excluding carboxylic acids is 1. The standard InChI is InChI=1S/C22H19N3O3S/c26-21(23-11-17-13-27-19-8-4-5-9-20(19)28-17)10-16-14-29-22-24-18(12-25(16)22)15-6-2-1-3-7-15/h1-9,12,14,17H,10-11,13H2,(H,23,26)/t17-/m1/s1. The van der Waals surface area contributed by atoms with Gasteiger partial charge in [-0.15, -0.1) is 11.3 Å². The summed E-state index contributed by atoms with van der Waals surface area (Å²) in [6.45, 7) is 0.821. The highest BCUT2D eigenvalue weighted by Crippen LogP contribution is 2.30. The number of aromatic nitrogens is 2. The molecule has 6 nitrogen and oxygen atoms in total. The van der Waals surface area contributed by atoms with Crippen LogP contribution in [0, 0.1) is 0 Å². The van der Waals surface area contributed by atoms with Crippen LogP contribution >= 0.6 is 11.3 Å². The van der Waals surface area contributed by atoms with Gasteiger partial charge in [-0.05, 0) is 12.1 Å². The first-order chi connectivity index (χ1) is 14.3. The molecule has 1 N–H and O–H groups in total. The Bertz CT molecular complexity index is 1150. The molecule has 1 amide bonds. The van der Waals surface area contributed by atoms with E-state index in [9.17, 15) is 4.79 Å². The molecule has 0 radical (unpaired) electrons. The molecule has 0 spiro atoms. The van der Waals surface area contributed by atoms with Gasteiger partial charge in [-0.25, -0.2) is 4.98 Å². The quantitative estimate of drug-likeness (QED) is 0.551. The lowest BCUT2D eigenvalue weighted by molar-refractivity contribution is -0.121. The van der Waals surface area contributed by atoms with Gasteiger partial charge in [0.05, 0.1) is 18.7 Å². The molecule has 0 unspecified atom stereocenters. The van der Waals surface area contributed by atoms with Gasteiger partial charge in [0.25, 0.3) is 0 Å². The number of fused-ring (bicyclic) bond motifs is 2. The summed E-state index contributed by atoms with van der Waals surface area (Å²) in [7, 11) is 0. The summed E-state index contributed by atoms with van der Waals surface area (Å²) in [5.74, 6) is 1.40. The van der Waals surface area contributed by atoms with Crippen LogP contribution in [0.25, 0.3) is 16.2 Å². The summed E-state index contributed by atoms with van der Waals surface area (Å²) in [6.07, 6.45) is 2.07. The molecule has 0 fully saturated rings. The maximum absolute atomic E-state index is 12.5. The van der Waals surface area contributed by atoms with E-state index < -0.39 is 0 Å². The Morgan fingerprint density at radius 3 is 2.79 bits per heavy atom. The Morgan fingerprint density at radius 2 is 1.93 bits per heavy atom. The number of para-hydroxylation sites is 2. The molecule has 1 atom stereocenters. The van der Waals surface area contributed by atoms with E-state index in [0.29, 0.717) is 18.9 Å². The second-order valence-corrected chi connectivity index (χ2v) is 7.69. The van der Waals surface area contributed by atoms with Crippen LogP contribution in [0.2, 0.25) is 0 Å². The molecule has 7 heteroatoms. The smallest absolute Gasteiger partial charge is 0.226 e. The van der Waals surface area contributed by atoms with Gasteiger partial charge in [-0.2, -0.15) is 0 Å². The normalized spacial score (nSPS) is 15.4. The van der Waals surface area contributed by atoms with Crippen molar-refractivity contribution in [3.63, 3.8) is 0 Å². The maximum Gasteiger partial charge on any atom is 0.226 e. The fraction of sp³-hybridized carbons (Fsp3) is 0.182. The summed E-state index contributed by atoms with van der Waals surface area (Å²) < 4.78 is 13.6. The molecule has 1 aliphatic rings. The minimum absolute atomic E-state index is 0.0536. The summed E-state index contributed by atoms with van der Waals surface area (Å²) >= 11 is 1.54. The monoisotopic (exact) mass is 405 g/mol. The third-order valence-electron chi connectivity index (χ3n) is 4.79. The number of nitrogens with one attached hydrogen (secondary N) is 1. The number of nitrogens with zero attached hydrogens (tertiary/aromatic N) is 2. The zero-order valence-electron chi connectivity index (χ0n) is 15.6. The average molecular weight is 405 g/mol. The van der Waals surface area contributed by atoms with E-state index in [2.05, 4.69) is 10.3 Å². The van der Waals surface area contributed by atoms with Crippen molar-refractivity contribution < 1.29 is 14.3 Å². The van der Waals surface area contributed by atoms with Crippen molar-refractivity contribution in [1.29, 1.82) is 0 Å². The second kappa shape index (κ2) is 7.60. The fourth-order valence-corrected chi connectivity index (χ4v) is 4.20. The second-order valence-electron chi connectivity index (χ2n) is 6.85. The van der Waals surface area contributed by atoms with Gasteiger partial charge in [0.2, 0.25) is 5.91 Å². The highest BCUT2D eigenvalue weighted by molar-refractivity contribution is 7.15. The first-order valence-corrected chi connectivity index (χ1v) is 10.3. The van der Waals surface area contributed by atoms with Gasteiger partial charge < -0.3 is 14.8 Å². The Kier molecular flexibility index (Phi) is 4.65. The van der Waals surface area contributed by atoms with Crippen molar-refractivity contribution >= 4 is 22.2 Å². The Hall–Kier alpha value is -3.32. The lowest BCUT2D eigenvalue weighted by Crippen LogP contribution is -2.41. The average Bonchev–Trinajstić information content (AvgIpc) is 3.35.